The number of rotatable bonds is 3. The molecule has 4 N–H and O–H groups in total. The monoisotopic (exact) mass is 365 g/mol. The van der Waals surface area contributed by atoms with E-state index < -0.39 is 18.2 Å². The van der Waals surface area contributed by atoms with Crippen LogP contribution in [0.1, 0.15) is 17.4 Å². The van der Waals surface area contributed by atoms with Crippen molar-refractivity contribution < 1.29 is 22.4 Å². The number of alkyl halides is 3. The molecule has 0 spiro atoms. The van der Waals surface area contributed by atoms with Gasteiger partial charge in [0.2, 0.25) is 5.95 Å². The van der Waals surface area contributed by atoms with Crippen molar-refractivity contribution in [1.82, 2.24) is 15.3 Å². The Morgan fingerprint density at radius 2 is 1.88 bits per heavy atom. The van der Waals surface area contributed by atoms with Crippen molar-refractivity contribution in [1.29, 1.82) is 0 Å². The van der Waals surface area contributed by atoms with E-state index in [9.17, 15) is 18.0 Å². The van der Waals surface area contributed by atoms with Crippen LogP contribution in [0.25, 0.3) is 11.0 Å². The van der Waals surface area contributed by atoms with Crippen LogP contribution in [0.5, 0.6) is 0 Å². The molecule has 0 aliphatic heterocycles. The van der Waals surface area contributed by atoms with E-state index in [1.807, 2.05) is 5.32 Å². The molecule has 0 aliphatic rings. The number of nitrogens with zero attached hydrogens (tertiary/aromatic N) is 2. The maximum Gasteiger partial charge on any atom is 0.416 e. The average Bonchev–Trinajstić information content (AvgIpc) is 2.91. The predicted octanol–water partition coefficient (Wildman–Crippen LogP) is 3.54. The number of amides is 2. The lowest BCUT2D eigenvalue weighted by molar-refractivity contribution is -0.158. The van der Waals surface area contributed by atoms with Crippen LogP contribution in [-0.4, -0.2) is 22.2 Å². The first-order chi connectivity index (χ1) is 12.3. The minimum atomic E-state index is -4.76. The number of nitrogens with two attached hydrogens (primary N) is 1. The lowest BCUT2D eigenvalue weighted by atomic mass is 10.1. The fourth-order valence-corrected chi connectivity index (χ4v) is 2.47. The number of fused-ring (bicyclic) bond motifs is 1. The number of carbonyl (C=O) groups excluding carboxylic acids is 1. The summed E-state index contributed by atoms with van der Waals surface area (Å²) in [5, 5.41) is 4.65. The van der Waals surface area contributed by atoms with Crippen LogP contribution < -0.4 is 16.4 Å². The molecule has 1 atom stereocenters. The average molecular weight is 365 g/mol. The van der Waals surface area contributed by atoms with Crippen LogP contribution in [0.4, 0.5) is 29.6 Å². The number of hydrogen-bond donors (Lipinski definition) is 3. The molecule has 2 amide bonds. The van der Waals surface area contributed by atoms with Gasteiger partial charge in [-0.25, -0.2) is 14.8 Å². The van der Waals surface area contributed by atoms with E-state index in [1.165, 1.54) is 19.3 Å². The fraction of sp³-hybridized carbons (Fsp3) is 0.188. The minimum Gasteiger partial charge on any atom is -0.458 e. The third-order valence-corrected chi connectivity index (χ3v) is 3.68. The first kappa shape index (κ1) is 17.5. The molecule has 26 heavy (non-hydrogen) atoms. The van der Waals surface area contributed by atoms with Crippen LogP contribution >= 0.6 is 0 Å². The van der Waals surface area contributed by atoms with Crippen molar-refractivity contribution in [3.63, 3.8) is 0 Å². The van der Waals surface area contributed by atoms with Crippen molar-refractivity contribution in [2.75, 3.05) is 11.1 Å². The molecule has 0 saturated heterocycles. The number of carbonyl (C=O) groups is 1. The lowest BCUT2D eigenvalue weighted by Crippen LogP contribution is -2.40. The van der Waals surface area contributed by atoms with E-state index in [0.29, 0.717) is 16.5 Å². The molecule has 2 aromatic heterocycles. The van der Waals surface area contributed by atoms with Gasteiger partial charge in [0.15, 0.2) is 6.04 Å². The molecule has 10 heteroatoms. The molecule has 0 aliphatic carbocycles. The second-order valence-electron chi connectivity index (χ2n) is 5.49. The SMILES string of the molecule is Cc1c([C@@H](NC(=O)Nc2cnc(N)nc2)C(F)(F)F)oc2ccccc12. The highest BCUT2D eigenvalue weighted by atomic mass is 19.4. The normalized spacial score (nSPS) is 12.8. The molecule has 0 radical (unpaired) electrons. The van der Waals surface area contributed by atoms with Gasteiger partial charge in [-0.15, -0.1) is 0 Å². The number of urea groups is 1. The highest BCUT2D eigenvalue weighted by Crippen LogP contribution is 2.38. The molecule has 7 nitrogen and oxygen atoms in total. The molecule has 0 bridgehead atoms. The largest absolute Gasteiger partial charge is 0.458 e. The third-order valence-electron chi connectivity index (χ3n) is 3.68. The zero-order valence-corrected chi connectivity index (χ0v) is 13.5. The van der Waals surface area contributed by atoms with Gasteiger partial charge in [0.1, 0.15) is 11.3 Å². The number of halogens is 3. The maximum absolute atomic E-state index is 13.5. The van der Waals surface area contributed by atoms with Gasteiger partial charge in [-0.2, -0.15) is 13.2 Å². The summed E-state index contributed by atoms with van der Waals surface area (Å²) >= 11 is 0. The molecule has 0 saturated carbocycles. The molecular formula is C16H14F3N5O2. The number of aromatic nitrogens is 2. The molecule has 0 unspecified atom stereocenters. The molecule has 1 aromatic carbocycles. The van der Waals surface area contributed by atoms with Gasteiger partial charge in [-0.05, 0) is 13.0 Å². The molecule has 2 heterocycles. The van der Waals surface area contributed by atoms with Gasteiger partial charge >= 0.3 is 12.2 Å². The number of nitrogens with one attached hydrogen (secondary N) is 2. The highest BCUT2D eigenvalue weighted by Gasteiger charge is 2.45. The first-order valence-electron chi connectivity index (χ1n) is 7.45. The van der Waals surface area contributed by atoms with Crippen molar-refractivity contribution in [2.45, 2.75) is 19.1 Å². The molecule has 136 valence electrons. The van der Waals surface area contributed by atoms with Crippen LogP contribution in [-0.2, 0) is 0 Å². The van der Waals surface area contributed by atoms with Crippen molar-refractivity contribution in [3.8, 4) is 0 Å². The number of para-hydroxylation sites is 1. The van der Waals surface area contributed by atoms with Crippen molar-refractivity contribution >= 4 is 28.6 Å². The van der Waals surface area contributed by atoms with Crippen LogP contribution in [0.15, 0.2) is 41.1 Å². The first-order valence-corrected chi connectivity index (χ1v) is 7.45. The van der Waals surface area contributed by atoms with Crippen LogP contribution in [0.2, 0.25) is 0 Å². The number of benzene rings is 1. The van der Waals surface area contributed by atoms with Gasteiger partial charge < -0.3 is 20.8 Å². The zero-order chi connectivity index (χ0) is 18.9. The summed E-state index contributed by atoms with van der Waals surface area (Å²) in [4.78, 5) is 19.3. The topological polar surface area (TPSA) is 106 Å². The van der Waals surface area contributed by atoms with E-state index in [1.54, 1.807) is 24.3 Å². The van der Waals surface area contributed by atoms with Gasteiger partial charge in [-0.3, -0.25) is 0 Å². The Labute approximate surface area is 145 Å². The predicted molar refractivity (Wildman–Crippen MR) is 88.3 cm³/mol. The fourth-order valence-electron chi connectivity index (χ4n) is 2.47. The number of aryl methyl sites for hydroxylation is 1. The lowest BCUT2D eigenvalue weighted by Gasteiger charge is -2.20. The van der Waals surface area contributed by atoms with E-state index >= 15 is 0 Å². The summed E-state index contributed by atoms with van der Waals surface area (Å²) in [7, 11) is 0. The van der Waals surface area contributed by atoms with Gasteiger partial charge in [-0.1, -0.05) is 18.2 Å². The number of furan rings is 1. The van der Waals surface area contributed by atoms with Crippen LogP contribution in [0, 0.1) is 6.92 Å². The Kier molecular flexibility index (Phi) is 4.41. The molecule has 3 rings (SSSR count). The zero-order valence-electron chi connectivity index (χ0n) is 13.5. The molecule has 0 fully saturated rings. The van der Waals surface area contributed by atoms with E-state index in [-0.39, 0.29) is 17.4 Å². The van der Waals surface area contributed by atoms with E-state index in [2.05, 4.69) is 15.3 Å². The Hall–Kier alpha value is -3.30. The second-order valence-corrected chi connectivity index (χ2v) is 5.49. The standard InChI is InChI=1S/C16H14F3N5O2/c1-8-10-4-2-3-5-11(10)26-12(8)13(16(17,18)19)24-15(25)23-9-6-21-14(20)22-7-9/h2-7,13H,1H3,(H2,20,21,22)(H2,23,24,25)/t13-/m1/s1. The van der Waals surface area contributed by atoms with E-state index in [0.717, 1.165) is 0 Å². The van der Waals surface area contributed by atoms with Crippen molar-refractivity contribution in [2.24, 2.45) is 0 Å². The van der Waals surface area contributed by atoms with Gasteiger partial charge in [0, 0.05) is 10.9 Å². The Bertz CT molecular complexity index is 937. The summed E-state index contributed by atoms with van der Waals surface area (Å²) in [5.41, 5.74) is 6.02. The van der Waals surface area contributed by atoms with Crippen LogP contribution in [0.3, 0.4) is 0 Å². The summed E-state index contributed by atoms with van der Waals surface area (Å²) in [5.74, 6) is -0.399. The Morgan fingerprint density at radius 1 is 1.23 bits per heavy atom. The third kappa shape index (κ3) is 3.53. The van der Waals surface area contributed by atoms with Crippen molar-refractivity contribution in [3.05, 3.63) is 48.0 Å². The maximum atomic E-state index is 13.5. The quantitative estimate of drug-likeness (QED) is 0.658. The number of nitrogen functional groups attached to an aromatic ring is 1. The summed E-state index contributed by atoms with van der Waals surface area (Å²) in [6, 6.07) is 3.16. The summed E-state index contributed by atoms with van der Waals surface area (Å²) < 4.78 is 45.9. The Morgan fingerprint density at radius 3 is 2.50 bits per heavy atom. The number of hydrogen-bond acceptors (Lipinski definition) is 5. The summed E-state index contributed by atoms with van der Waals surface area (Å²) in [6.45, 7) is 1.51. The Balaban J connectivity index is 1.87. The minimum absolute atomic E-state index is 0.0259. The highest BCUT2D eigenvalue weighted by molar-refractivity contribution is 5.89. The second kappa shape index (κ2) is 6.54. The number of anilines is 2. The van der Waals surface area contributed by atoms with Gasteiger partial charge in [0.25, 0.3) is 0 Å². The summed E-state index contributed by atoms with van der Waals surface area (Å²) in [6.07, 6.45) is -2.40. The van der Waals surface area contributed by atoms with Gasteiger partial charge in [0.05, 0.1) is 18.1 Å². The molecule has 3 aromatic rings. The molecular weight excluding hydrogens is 351 g/mol. The smallest absolute Gasteiger partial charge is 0.416 e. The van der Waals surface area contributed by atoms with E-state index in [4.69, 9.17) is 10.2 Å².